The fourth-order valence-electron chi connectivity index (χ4n) is 2.38. The van der Waals surface area contributed by atoms with E-state index in [1.54, 1.807) is 0 Å². The molecule has 2 fully saturated rings. The van der Waals surface area contributed by atoms with Gasteiger partial charge in [0.05, 0.1) is 0 Å². The largest absolute Gasteiger partial charge is 0.316 e. The lowest BCUT2D eigenvalue weighted by Crippen LogP contribution is -2.46. The van der Waals surface area contributed by atoms with Crippen molar-refractivity contribution in [1.82, 2.24) is 10.2 Å². The minimum atomic E-state index is 0.832. The molecule has 2 saturated heterocycles. The molecule has 0 amide bonds. The first-order valence-corrected chi connectivity index (χ1v) is 6.77. The van der Waals surface area contributed by atoms with Crippen molar-refractivity contribution in [3.05, 3.63) is 0 Å². The molecule has 0 radical (unpaired) electrons. The number of hydrogen-bond donors (Lipinski definition) is 1. The molecule has 2 rings (SSSR count). The van der Waals surface area contributed by atoms with Crippen LogP contribution in [0.15, 0.2) is 0 Å². The Labute approximate surface area is 91.8 Å². The van der Waals surface area contributed by atoms with E-state index >= 15 is 0 Å². The highest BCUT2D eigenvalue weighted by Crippen LogP contribution is 2.25. The topological polar surface area (TPSA) is 15.3 Å². The Bertz CT molecular complexity index is 172. The molecule has 0 aromatic rings. The maximum atomic E-state index is 3.34. The van der Waals surface area contributed by atoms with Crippen molar-refractivity contribution in [3.63, 3.8) is 0 Å². The molecule has 0 aromatic carbocycles. The second kappa shape index (κ2) is 4.86. The van der Waals surface area contributed by atoms with Gasteiger partial charge < -0.3 is 10.2 Å². The fourth-order valence-corrected chi connectivity index (χ4v) is 3.77. The molecular formula is C11H22N2S. The summed E-state index contributed by atoms with van der Waals surface area (Å²) in [7, 11) is 0. The number of nitrogens with one attached hydrogen (secondary N) is 1. The average Bonchev–Trinajstić information content (AvgIpc) is 1.99. The smallest absolute Gasteiger partial charge is 0.0149 e. The maximum Gasteiger partial charge on any atom is 0.0149 e. The van der Waals surface area contributed by atoms with Gasteiger partial charge in [-0.15, -0.1) is 0 Å². The predicted molar refractivity (Wildman–Crippen MR) is 63.9 cm³/mol. The maximum absolute atomic E-state index is 3.34. The fraction of sp³-hybridized carbons (Fsp3) is 1.00. The molecule has 2 atom stereocenters. The summed E-state index contributed by atoms with van der Waals surface area (Å²) in [5, 5.41) is 5.01. The Morgan fingerprint density at radius 1 is 1.21 bits per heavy atom. The van der Waals surface area contributed by atoms with Gasteiger partial charge in [-0.05, 0) is 32.0 Å². The minimum Gasteiger partial charge on any atom is -0.316 e. The first-order chi connectivity index (χ1) is 6.74. The van der Waals surface area contributed by atoms with Gasteiger partial charge in [0.25, 0.3) is 0 Å². The minimum absolute atomic E-state index is 0.832. The molecule has 0 saturated carbocycles. The van der Waals surface area contributed by atoms with Crippen LogP contribution in [0.5, 0.6) is 0 Å². The number of rotatable bonds is 3. The van der Waals surface area contributed by atoms with Crippen LogP contribution in [0, 0.1) is 5.92 Å². The Morgan fingerprint density at radius 3 is 2.36 bits per heavy atom. The van der Waals surface area contributed by atoms with Crippen molar-refractivity contribution in [1.29, 1.82) is 0 Å². The molecular weight excluding hydrogens is 192 g/mol. The van der Waals surface area contributed by atoms with Crippen LogP contribution in [0.4, 0.5) is 0 Å². The van der Waals surface area contributed by atoms with E-state index in [9.17, 15) is 0 Å². The zero-order valence-electron chi connectivity index (χ0n) is 9.33. The molecule has 0 aromatic heterocycles. The van der Waals surface area contributed by atoms with Gasteiger partial charge in [0, 0.05) is 23.6 Å². The van der Waals surface area contributed by atoms with E-state index in [1.165, 1.54) is 39.1 Å². The van der Waals surface area contributed by atoms with Crippen LogP contribution >= 0.6 is 11.8 Å². The summed E-state index contributed by atoms with van der Waals surface area (Å²) in [6.45, 7) is 11.2. The van der Waals surface area contributed by atoms with E-state index in [0.29, 0.717) is 0 Å². The third-order valence-electron chi connectivity index (χ3n) is 3.21. The summed E-state index contributed by atoms with van der Waals surface area (Å²) >= 11 is 2.14. The van der Waals surface area contributed by atoms with Crippen molar-refractivity contribution in [2.75, 3.05) is 32.7 Å². The molecule has 2 unspecified atom stereocenters. The van der Waals surface area contributed by atoms with Crippen LogP contribution in [0.2, 0.25) is 0 Å². The van der Waals surface area contributed by atoms with Gasteiger partial charge in [-0.2, -0.15) is 11.8 Å². The Balaban J connectivity index is 1.68. The zero-order chi connectivity index (χ0) is 9.97. The average molecular weight is 214 g/mol. The van der Waals surface area contributed by atoms with Crippen molar-refractivity contribution in [3.8, 4) is 0 Å². The Morgan fingerprint density at radius 2 is 1.86 bits per heavy atom. The Kier molecular flexibility index (Phi) is 3.74. The lowest BCUT2D eigenvalue weighted by Gasteiger charge is -2.36. The standard InChI is InChI=1S/C11H22N2S/c1-9-7-13(8-10(2)14-9)4-3-11-5-12-6-11/h9-12H,3-8H2,1-2H3. The summed E-state index contributed by atoms with van der Waals surface area (Å²) in [6.07, 6.45) is 1.40. The zero-order valence-corrected chi connectivity index (χ0v) is 10.1. The third kappa shape index (κ3) is 2.88. The first kappa shape index (κ1) is 10.8. The normalized spacial score (nSPS) is 35.6. The molecule has 2 aliphatic heterocycles. The lowest BCUT2D eigenvalue weighted by molar-refractivity contribution is 0.224. The van der Waals surface area contributed by atoms with E-state index in [4.69, 9.17) is 0 Å². The molecule has 2 aliphatic rings. The second-order valence-electron chi connectivity index (χ2n) is 4.83. The lowest BCUT2D eigenvalue weighted by atomic mass is 9.99. The number of hydrogen-bond acceptors (Lipinski definition) is 3. The molecule has 0 bridgehead atoms. The SMILES string of the molecule is CC1CN(CCC2CNC2)CC(C)S1. The van der Waals surface area contributed by atoms with Crippen LogP contribution in [0.1, 0.15) is 20.3 Å². The van der Waals surface area contributed by atoms with Gasteiger partial charge in [-0.25, -0.2) is 0 Å². The van der Waals surface area contributed by atoms with Crippen molar-refractivity contribution < 1.29 is 0 Å². The van der Waals surface area contributed by atoms with Gasteiger partial charge in [-0.1, -0.05) is 13.8 Å². The summed E-state index contributed by atoms with van der Waals surface area (Å²) in [5.74, 6) is 0.968. The van der Waals surface area contributed by atoms with Crippen LogP contribution in [0.25, 0.3) is 0 Å². The van der Waals surface area contributed by atoms with Gasteiger partial charge in [-0.3, -0.25) is 0 Å². The molecule has 82 valence electrons. The van der Waals surface area contributed by atoms with Crippen molar-refractivity contribution >= 4 is 11.8 Å². The predicted octanol–water partition coefficient (Wildman–Crippen LogP) is 1.42. The summed E-state index contributed by atoms with van der Waals surface area (Å²) in [6, 6.07) is 0. The highest BCUT2D eigenvalue weighted by atomic mass is 32.2. The van der Waals surface area contributed by atoms with E-state index in [-0.39, 0.29) is 0 Å². The molecule has 0 spiro atoms. The quantitative estimate of drug-likeness (QED) is 0.765. The molecule has 0 aliphatic carbocycles. The molecule has 3 heteroatoms. The molecule has 14 heavy (non-hydrogen) atoms. The molecule has 2 nitrogen and oxygen atoms in total. The van der Waals surface area contributed by atoms with Gasteiger partial charge in [0.1, 0.15) is 0 Å². The third-order valence-corrected chi connectivity index (χ3v) is 4.44. The summed E-state index contributed by atoms with van der Waals surface area (Å²) < 4.78 is 0. The Hall–Kier alpha value is 0.270. The van der Waals surface area contributed by atoms with Crippen LogP contribution in [-0.4, -0.2) is 48.1 Å². The van der Waals surface area contributed by atoms with E-state index in [1.807, 2.05) is 0 Å². The number of nitrogens with zero attached hydrogens (tertiary/aromatic N) is 1. The highest BCUT2D eigenvalue weighted by Gasteiger charge is 2.23. The monoisotopic (exact) mass is 214 g/mol. The first-order valence-electron chi connectivity index (χ1n) is 5.82. The van der Waals surface area contributed by atoms with Crippen molar-refractivity contribution in [2.45, 2.75) is 30.8 Å². The van der Waals surface area contributed by atoms with Crippen LogP contribution in [0.3, 0.4) is 0 Å². The van der Waals surface area contributed by atoms with E-state index in [2.05, 4.69) is 35.8 Å². The molecule has 2 heterocycles. The van der Waals surface area contributed by atoms with Crippen LogP contribution < -0.4 is 5.32 Å². The van der Waals surface area contributed by atoms with Crippen LogP contribution in [-0.2, 0) is 0 Å². The van der Waals surface area contributed by atoms with Gasteiger partial charge in [0.15, 0.2) is 0 Å². The molecule has 1 N–H and O–H groups in total. The van der Waals surface area contributed by atoms with Gasteiger partial charge >= 0.3 is 0 Å². The number of thioether (sulfide) groups is 1. The summed E-state index contributed by atoms with van der Waals surface area (Å²) in [5.41, 5.74) is 0. The van der Waals surface area contributed by atoms with Gasteiger partial charge in [0.2, 0.25) is 0 Å². The van der Waals surface area contributed by atoms with Crippen molar-refractivity contribution in [2.24, 2.45) is 5.92 Å². The van der Waals surface area contributed by atoms with E-state index < -0.39 is 0 Å². The summed E-state index contributed by atoms with van der Waals surface area (Å²) in [4.78, 5) is 2.66. The van der Waals surface area contributed by atoms with E-state index in [0.717, 1.165) is 16.4 Å². The second-order valence-corrected chi connectivity index (χ2v) is 6.71. The highest BCUT2D eigenvalue weighted by molar-refractivity contribution is 8.00.